The van der Waals surface area contributed by atoms with E-state index in [1.54, 1.807) is 38.4 Å². The number of guanidine groups is 1. The van der Waals surface area contributed by atoms with E-state index < -0.39 is 0 Å². The average Bonchev–Trinajstić information content (AvgIpc) is 2.54. The molecule has 0 aromatic heterocycles. The van der Waals surface area contributed by atoms with Gasteiger partial charge in [0.1, 0.15) is 0 Å². The summed E-state index contributed by atoms with van der Waals surface area (Å²) in [6, 6.07) is 7.14. The first kappa shape index (κ1) is 17.5. The molecule has 22 heavy (non-hydrogen) atoms. The summed E-state index contributed by atoms with van der Waals surface area (Å²) in [6.07, 6.45) is 6.19. The maximum absolute atomic E-state index is 11.9. The highest BCUT2D eigenvalue weighted by Gasteiger charge is 2.04. The summed E-state index contributed by atoms with van der Waals surface area (Å²) < 4.78 is 4.96. The van der Waals surface area contributed by atoms with Crippen LogP contribution in [0.4, 0.5) is 5.69 Å². The van der Waals surface area contributed by atoms with E-state index in [0.717, 1.165) is 18.5 Å². The van der Waals surface area contributed by atoms with Crippen molar-refractivity contribution in [2.45, 2.75) is 6.42 Å². The van der Waals surface area contributed by atoms with E-state index in [9.17, 15) is 4.79 Å². The summed E-state index contributed by atoms with van der Waals surface area (Å²) in [6.45, 7) is 1.51. The Labute approximate surface area is 131 Å². The van der Waals surface area contributed by atoms with Crippen LogP contribution < -0.4 is 16.0 Å². The molecule has 1 amide bonds. The van der Waals surface area contributed by atoms with Crippen molar-refractivity contribution in [3.8, 4) is 12.3 Å². The largest absolute Gasteiger partial charge is 0.385 e. The van der Waals surface area contributed by atoms with E-state index in [2.05, 4.69) is 26.9 Å². The van der Waals surface area contributed by atoms with Gasteiger partial charge in [-0.25, -0.2) is 0 Å². The second kappa shape index (κ2) is 10.2. The molecule has 0 radical (unpaired) electrons. The van der Waals surface area contributed by atoms with Crippen LogP contribution in [-0.4, -0.2) is 45.7 Å². The molecule has 0 saturated carbocycles. The fourth-order valence-corrected chi connectivity index (χ4v) is 1.70. The number of nitrogens with one attached hydrogen (secondary N) is 3. The molecule has 0 spiro atoms. The fourth-order valence-electron chi connectivity index (χ4n) is 1.70. The second-order valence-corrected chi connectivity index (χ2v) is 4.47. The van der Waals surface area contributed by atoms with Crippen LogP contribution in [0.2, 0.25) is 0 Å². The minimum atomic E-state index is -0.172. The molecule has 1 rings (SSSR count). The van der Waals surface area contributed by atoms with Crippen LogP contribution in [0.15, 0.2) is 29.3 Å². The van der Waals surface area contributed by atoms with Crippen molar-refractivity contribution in [1.82, 2.24) is 10.6 Å². The summed E-state index contributed by atoms with van der Waals surface area (Å²) in [5, 5.41) is 8.81. The number of rotatable bonds is 7. The van der Waals surface area contributed by atoms with Gasteiger partial charge in [0.05, 0.1) is 6.54 Å². The average molecular weight is 302 g/mol. The van der Waals surface area contributed by atoms with Gasteiger partial charge >= 0.3 is 0 Å². The van der Waals surface area contributed by atoms with Crippen LogP contribution in [0, 0.1) is 12.3 Å². The number of anilines is 1. The predicted molar refractivity (Wildman–Crippen MR) is 88.9 cm³/mol. The molecule has 6 nitrogen and oxygen atoms in total. The molecule has 0 unspecified atom stereocenters. The van der Waals surface area contributed by atoms with E-state index in [-0.39, 0.29) is 12.5 Å². The highest BCUT2D eigenvalue weighted by atomic mass is 16.5. The van der Waals surface area contributed by atoms with Crippen LogP contribution in [-0.2, 0) is 9.53 Å². The highest BCUT2D eigenvalue weighted by Crippen LogP contribution is 2.09. The number of benzene rings is 1. The Morgan fingerprint density at radius 3 is 2.91 bits per heavy atom. The van der Waals surface area contributed by atoms with Crippen LogP contribution >= 0.6 is 0 Å². The van der Waals surface area contributed by atoms with Crippen molar-refractivity contribution < 1.29 is 9.53 Å². The van der Waals surface area contributed by atoms with E-state index in [1.807, 2.05) is 0 Å². The number of hydrogen-bond donors (Lipinski definition) is 3. The zero-order chi connectivity index (χ0) is 16.2. The number of amides is 1. The first-order valence-corrected chi connectivity index (χ1v) is 6.99. The van der Waals surface area contributed by atoms with Gasteiger partial charge in [-0.05, 0) is 24.6 Å². The van der Waals surface area contributed by atoms with Crippen LogP contribution in [0.25, 0.3) is 0 Å². The number of carbonyl (C=O) groups is 1. The molecule has 0 aliphatic carbocycles. The lowest BCUT2D eigenvalue weighted by atomic mass is 10.2. The Morgan fingerprint density at radius 2 is 2.23 bits per heavy atom. The summed E-state index contributed by atoms with van der Waals surface area (Å²) in [5.41, 5.74) is 1.40. The minimum absolute atomic E-state index is 0.115. The first-order chi connectivity index (χ1) is 10.7. The normalized spacial score (nSPS) is 10.7. The van der Waals surface area contributed by atoms with Gasteiger partial charge in [0.15, 0.2) is 5.96 Å². The van der Waals surface area contributed by atoms with Gasteiger partial charge in [0.2, 0.25) is 5.91 Å². The highest BCUT2D eigenvalue weighted by molar-refractivity contribution is 5.95. The molecular formula is C16H22N4O2. The maximum atomic E-state index is 11.9. The molecule has 0 bridgehead atoms. The van der Waals surface area contributed by atoms with Gasteiger partial charge in [0.25, 0.3) is 0 Å². The molecule has 1 aromatic carbocycles. The quantitative estimate of drug-likeness (QED) is 0.301. The van der Waals surface area contributed by atoms with E-state index in [0.29, 0.717) is 18.3 Å². The molecule has 0 saturated heterocycles. The summed E-state index contributed by atoms with van der Waals surface area (Å²) >= 11 is 0. The molecule has 0 heterocycles. The molecule has 0 aliphatic heterocycles. The maximum Gasteiger partial charge on any atom is 0.243 e. The summed E-state index contributed by atoms with van der Waals surface area (Å²) in [5.74, 6) is 2.93. The monoisotopic (exact) mass is 302 g/mol. The van der Waals surface area contributed by atoms with E-state index >= 15 is 0 Å². The third-order valence-electron chi connectivity index (χ3n) is 2.77. The lowest BCUT2D eigenvalue weighted by molar-refractivity contribution is -0.115. The Kier molecular flexibility index (Phi) is 8.16. The van der Waals surface area contributed by atoms with Crippen molar-refractivity contribution >= 4 is 17.6 Å². The van der Waals surface area contributed by atoms with Crippen LogP contribution in [0.1, 0.15) is 12.0 Å². The standard InChI is InChI=1S/C16H22N4O2/c1-4-13-7-5-8-14(11-13)20-15(21)12-19-16(17-2)18-9-6-10-22-3/h1,5,7-8,11H,6,9-10,12H2,2-3H3,(H,20,21)(H2,17,18,19). The van der Waals surface area contributed by atoms with Crippen molar-refractivity contribution in [3.05, 3.63) is 29.8 Å². The van der Waals surface area contributed by atoms with Crippen LogP contribution in [0.5, 0.6) is 0 Å². The number of aliphatic imine (C=N–C) groups is 1. The van der Waals surface area contributed by atoms with Gasteiger partial charge in [0, 0.05) is 38.6 Å². The summed E-state index contributed by atoms with van der Waals surface area (Å²) in [7, 11) is 3.31. The van der Waals surface area contributed by atoms with Crippen molar-refractivity contribution in [2.24, 2.45) is 4.99 Å². The molecule has 0 fully saturated rings. The molecule has 0 aliphatic rings. The number of carbonyl (C=O) groups excluding carboxylic acids is 1. The predicted octanol–water partition coefficient (Wildman–Crippen LogP) is 0.808. The summed E-state index contributed by atoms with van der Waals surface area (Å²) in [4.78, 5) is 15.9. The van der Waals surface area contributed by atoms with Crippen molar-refractivity contribution in [3.63, 3.8) is 0 Å². The number of methoxy groups -OCH3 is 1. The smallest absolute Gasteiger partial charge is 0.243 e. The number of terminal acetylenes is 1. The fraction of sp³-hybridized carbons (Fsp3) is 0.375. The topological polar surface area (TPSA) is 74.8 Å². The first-order valence-electron chi connectivity index (χ1n) is 6.99. The number of hydrogen-bond acceptors (Lipinski definition) is 3. The molecule has 6 heteroatoms. The molecule has 0 atom stereocenters. The zero-order valence-corrected chi connectivity index (χ0v) is 13.0. The van der Waals surface area contributed by atoms with Gasteiger partial charge in [-0.2, -0.15) is 0 Å². The Balaban J connectivity index is 2.36. The van der Waals surface area contributed by atoms with Crippen molar-refractivity contribution in [1.29, 1.82) is 0 Å². The Hall–Kier alpha value is -2.52. The SMILES string of the molecule is C#Cc1cccc(NC(=O)CNC(=NC)NCCCOC)c1. The zero-order valence-electron chi connectivity index (χ0n) is 13.0. The lowest BCUT2D eigenvalue weighted by Gasteiger charge is -2.12. The minimum Gasteiger partial charge on any atom is -0.385 e. The second-order valence-electron chi connectivity index (χ2n) is 4.47. The van der Waals surface area contributed by atoms with Gasteiger partial charge in [-0.3, -0.25) is 9.79 Å². The van der Waals surface area contributed by atoms with Gasteiger partial charge in [-0.1, -0.05) is 12.0 Å². The molecule has 1 aromatic rings. The van der Waals surface area contributed by atoms with E-state index in [4.69, 9.17) is 11.2 Å². The molecule has 3 N–H and O–H groups in total. The third-order valence-corrected chi connectivity index (χ3v) is 2.77. The van der Waals surface area contributed by atoms with E-state index in [1.165, 1.54) is 0 Å². The third kappa shape index (κ3) is 6.77. The number of nitrogens with zero attached hydrogens (tertiary/aromatic N) is 1. The van der Waals surface area contributed by atoms with Gasteiger partial charge < -0.3 is 20.7 Å². The van der Waals surface area contributed by atoms with Crippen LogP contribution in [0.3, 0.4) is 0 Å². The molecular weight excluding hydrogens is 280 g/mol. The number of ether oxygens (including phenoxy) is 1. The molecule has 118 valence electrons. The van der Waals surface area contributed by atoms with Gasteiger partial charge in [-0.15, -0.1) is 6.42 Å². The Bertz CT molecular complexity index is 549. The lowest BCUT2D eigenvalue weighted by Crippen LogP contribution is -2.41. The van der Waals surface area contributed by atoms with Crippen molar-refractivity contribution in [2.75, 3.05) is 39.2 Å². The Morgan fingerprint density at radius 1 is 1.41 bits per heavy atom.